The summed E-state index contributed by atoms with van der Waals surface area (Å²) in [6.45, 7) is 0. The van der Waals surface area contributed by atoms with Gasteiger partial charge in [0.05, 0.1) is 5.56 Å². The molecule has 0 spiro atoms. The van der Waals surface area contributed by atoms with Crippen LogP contribution in [0.4, 0.5) is 8.78 Å². The standard InChI is InChI=1S/C11H8BrF2NO/c1-15-6-8(10(16)11(12,13)14)7-4-2-3-5-9(7)15/h2-6H,1H3. The molecule has 0 radical (unpaired) electrons. The monoisotopic (exact) mass is 287 g/mol. The van der Waals surface area contributed by atoms with Gasteiger partial charge in [0.15, 0.2) is 0 Å². The number of Topliss-reactive ketones (excluding diaryl/α,β-unsaturated/α-hetero) is 1. The number of rotatable bonds is 2. The maximum absolute atomic E-state index is 12.9. The molecule has 0 bridgehead atoms. The number of hydrogen-bond acceptors (Lipinski definition) is 1. The Hall–Kier alpha value is -1.23. The quantitative estimate of drug-likeness (QED) is 0.613. The molecule has 0 N–H and O–H groups in total. The summed E-state index contributed by atoms with van der Waals surface area (Å²) < 4.78 is 27.4. The summed E-state index contributed by atoms with van der Waals surface area (Å²) in [5.41, 5.74) is 0.780. The maximum Gasteiger partial charge on any atom is 0.363 e. The van der Waals surface area contributed by atoms with Gasteiger partial charge in [-0.15, -0.1) is 0 Å². The van der Waals surface area contributed by atoms with Crippen LogP contribution in [0.3, 0.4) is 0 Å². The second-order valence-corrected chi connectivity index (χ2v) is 4.49. The Morgan fingerprint density at radius 3 is 2.62 bits per heavy atom. The first kappa shape index (κ1) is 11.3. The fourth-order valence-corrected chi connectivity index (χ4v) is 1.89. The van der Waals surface area contributed by atoms with Crippen LogP contribution in [0.1, 0.15) is 10.4 Å². The van der Waals surface area contributed by atoms with Crippen LogP contribution in [0.15, 0.2) is 30.5 Å². The number of nitrogens with zero attached hydrogens (tertiary/aromatic N) is 1. The molecule has 1 aromatic heterocycles. The summed E-state index contributed by atoms with van der Waals surface area (Å²) in [6, 6.07) is 6.94. The molecule has 0 aliphatic carbocycles. The van der Waals surface area contributed by atoms with Crippen LogP contribution >= 0.6 is 15.9 Å². The van der Waals surface area contributed by atoms with Gasteiger partial charge in [-0.2, -0.15) is 8.78 Å². The lowest BCUT2D eigenvalue weighted by Gasteiger charge is -2.05. The van der Waals surface area contributed by atoms with Crippen LogP contribution < -0.4 is 0 Å². The van der Waals surface area contributed by atoms with Gasteiger partial charge in [0.1, 0.15) is 0 Å². The Morgan fingerprint density at radius 1 is 1.38 bits per heavy atom. The predicted octanol–water partition coefficient (Wildman–Crippen LogP) is 3.35. The molecule has 2 aromatic rings. The molecule has 16 heavy (non-hydrogen) atoms. The van der Waals surface area contributed by atoms with E-state index in [0.29, 0.717) is 5.39 Å². The van der Waals surface area contributed by atoms with Crippen LogP contribution in [0.5, 0.6) is 0 Å². The third kappa shape index (κ3) is 1.75. The molecular formula is C11H8BrF2NO. The molecule has 84 valence electrons. The number of carbonyl (C=O) groups is 1. The highest BCUT2D eigenvalue weighted by Gasteiger charge is 2.37. The number of benzene rings is 1. The Morgan fingerprint density at radius 2 is 2.00 bits per heavy atom. The Balaban J connectivity index is 2.67. The van der Waals surface area contributed by atoms with Crippen molar-refractivity contribution >= 4 is 32.6 Å². The lowest BCUT2D eigenvalue weighted by Crippen LogP contribution is -2.20. The zero-order valence-corrected chi connectivity index (χ0v) is 9.96. The number of hydrogen-bond donors (Lipinski definition) is 0. The van der Waals surface area contributed by atoms with Gasteiger partial charge in [0, 0.05) is 24.1 Å². The van der Waals surface area contributed by atoms with Gasteiger partial charge in [-0.25, -0.2) is 0 Å². The highest BCUT2D eigenvalue weighted by molar-refractivity contribution is 9.10. The topological polar surface area (TPSA) is 22.0 Å². The van der Waals surface area contributed by atoms with Gasteiger partial charge < -0.3 is 4.57 Å². The van der Waals surface area contributed by atoms with Crippen LogP contribution in [-0.4, -0.2) is 15.2 Å². The molecular weight excluding hydrogens is 280 g/mol. The van der Waals surface area contributed by atoms with Crippen molar-refractivity contribution in [1.29, 1.82) is 0 Å². The van der Waals surface area contributed by atoms with E-state index in [1.807, 2.05) is 0 Å². The minimum absolute atomic E-state index is 0.0278. The smallest absolute Gasteiger partial charge is 0.350 e. The third-order valence-corrected chi connectivity index (χ3v) is 2.76. The molecule has 0 aliphatic rings. The van der Waals surface area contributed by atoms with Crippen LogP contribution in [0.25, 0.3) is 10.9 Å². The van der Waals surface area contributed by atoms with Crippen LogP contribution in [-0.2, 0) is 7.05 Å². The van der Waals surface area contributed by atoms with Crippen molar-refractivity contribution in [2.75, 3.05) is 0 Å². The number of alkyl halides is 3. The Kier molecular flexibility index (Phi) is 2.58. The Bertz CT molecular complexity index is 557. The number of ketones is 1. The number of halogens is 3. The first-order chi connectivity index (χ1) is 7.41. The van der Waals surface area contributed by atoms with E-state index in [0.717, 1.165) is 5.52 Å². The summed E-state index contributed by atoms with van der Waals surface area (Å²) in [7, 11) is 1.71. The highest BCUT2D eigenvalue weighted by atomic mass is 79.9. The summed E-state index contributed by atoms with van der Waals surface area (Å²) in [6.07, 6.45) is 1.42. The van der Waals surface area contributed by atoms with Gasteiger partial charge in [0.2, 0.25) is 5.78 Å². The molecule has 0 aliphatic heterocycles. The number of aryl methyl sites for hydroxylation is 1. The van der Waals surface area contributed by atoms with Crippen LogP contribution in [0, 0.1) is 0 Å². The van der Waals surface area contributed by atoms with Crippen molar-refractivity contribution in [2.24, 2.45) is 7.05 Å². The third-order valence-electron chi connectivity index (χ3n) is 2.40. The van der Waals surface area contributed by atoms with Gasteiger partial charge in [0.25, 0.3) is 0 Å². The highest BCUT2D eigenvalue weighted by Crippen LogP contribution is 2.30. The van der Waals surface area contributed by atoms with Crippen molar-refractivity contribution < 1.29 is 13.6 Å². The lowest BCUT2D eigenvalue weighted by atomic mass is 10.1. The van der Waals surface area contributed by atoms with E-state index in [4.69, 9.17) is 0 Å². The number of aromatic nitrogens is 1. The van der Waals surface area contributed by atoms with E-state index in [-0.39, 0.29) is 5.56 Å². The van der Waals surface area contributed by atoms with E-state index >= 15 is 0 Å². The zero-order valence-electron chi connectivity index (χ0n) is 8.38. The number of fused-ring (bicyclic) bond motifs is 1. The molecule has 2 rings (SSSR count). The average Bonchev–Trinajstić information content (AvgIpc) is 2.55. The van der Waals surface area contributed by atoms with E-state index in [2.05, 4.69) is 15.9 Å². The average molecular weight is 288 g/mol. The van der Waals surface area contributed by atoms with Crippen molar-refractivity contribution in [3.63, 3.8) is 0 Å². The number of para-hydroxylation sites is 1. The largest absolute Gasteiger partial charge is 0.363 e. The fraction of sp³-hybridized carbons (Fsp3) is 0.182. The molecule has 0 atom stereocenters. The molecule has 5 heteroatoms. The second kappa shape index (κ2) is 3.66. The molecule has 2 nitrogen and oxygen atoms in total. The summed E-state index contributed by atoms with van der Waals surface area (Å²) in [5, 5.41) is 0.536. The first-order valence-corrected chi connectivity index (χ1v) is 5.36. The molecule has 0 saturated heterocycles. The van der Waals surface area contributed by atoms with Crippen LogP contribution in [0.2, 0.25) is 0 Å². The van der Waals surface area contributed by atoms with Gasteiger partial charge in [-0.1, -0.05) is 18.2 Å². The molecule has 0 saturated carbocycles. The predicted molar refractivity (Wildman–Crippen MR) is 61.1 cm³/mol. The second-order valence-electron chi connectivity index (χ2n) is 3.50. The van der Waals surface area contributed by atoms with E-state index in [1.54, 1.807) is 35.9 Å². The fourth-order valence-electron chi connectivity index (χ4n) is 1.68. The van der Waals surface area contributed by atoms with E-state index < -0.39 is 10.6 Å². The van der Waals surface area contributed by atoms with Gasteiger partial charge in [-0.3, -0.25) is 4.79 Å². The lowest BCUT2D eigenvalue weighted by molar-refractivity contribution is 0.0594. The molecule has 1 heterocycles. The minimum Gasteiger partial charge on any atom is -0.350 e. The van der Waals surface area contributed by atoms with E-state index in [9.17, 15) is 13.6 Å². The molecule has 1 aromatic carbocycles. The van der Waals surface area contributed by atoms with Crippen molar-refractivity contribution in [2.45, 2.75) is 4.83 Å². The minimum atomic E-state index is -3.52. The zero-order chi connectivity index (χ0) is 11.9. The van der Waals surface area contributed by atoms with Gasteiger partial charge >= 0.3 is 4.83 Å². The van der Waals surface area contributed by atoms with Gasteiger partial charge in [-0.05, 0) is 22.0 Å². The SMILES string of the molecule is Cn1cc(C(=O)C(F)(F)Br)c2ccccc21. The van der Waals surface area contributed by atoms with E-state index in [1.165, 1.54) is 6.20 Å². The molecule has 0 amide bonds. The summed E-state index contributed by atoms with van der Waals surface area (Å²) in [4.78, 5) is 7.97. The molecule has 0 fully saturated rings. The number of carbonyl (C=O) groups excluding carboxylic acids is 1. The van der Waals surface area contributed by atoms with Crippen molar-refractivity contribution in [3.05, 3.63) is 36.0 Å². The van der Waals surface area contributed by atoms with Crippen molar-refractivity contribution in [1.82, 2.24) is 4.57 Å². The Labute approximate surface area is 99.0 Å². The van der Waals surface area contributed by atoms with Crippen molar-refractivity contribution in [3.8, 4) is 0 Å². The normalized spacial score (nSPS) is 12.0. The molecule has 0 unspecified atom stereocenters. The maximum atomic E-state index is 12.9. The summed E-state index contributed by atoms with van der Waals surface area (Å²) in [5.74, 6) is -1.22. The first-order valence-electron chi connectivity index (χ1n) is 4.57. The summed E-state index contributed by atoms with van der Waals surface area (Å²) >= 11 is 2.08.